The first-order valence-corrected chi connectivity index (χ1v) is 3.87. The summed E-state index contributed by atoms with van der Waals surface area (Å²) in [6.45, 7) is 9.68. The molecular weight excluding hydrogens is 135 g/mol. The highest BCUT2D eigenvalue weighted by atomic mass is 16.1. The average Bonchev–Trinajstić information content (AvgIpc) is 2.00. The molecule has 0 aromatic carbocycles. The third kappa shape index (κ3) is 2.77. The van der Waals surface area contributed by atoms with Gasteiger partial charge < -0.3 is 0 Å². The molecule has 0 spiro atoms. The Kier molecular flexibility index (Phi) is 3.91. The molecule has 0 saturated heterocycles. The van der Waals surface area contributed by atoms with Crippen LogP contribution in [0.5, 0.6) is 0 Å². The number of rotatable bonds is 3. The summed E-state index contributed by atoms with van der Waals surface area (Å²) in [5.74, 6) is 2.57. The molecule has 1 nitrogen and oxygen atoms in total. The van der Waals surface area contributed by atoms with Crippen LogP contribution in [0.4, 0.5) is 0 Å². The zero-order chi connectivity index (χ0) is 9.02. The highest BCUT2D eigenvalue weighted by molar-refractivity contribution is 6.14. The van der Waals surface area contributed by atoms with E-state index in [1.54, 1.807) is 0 Å². The fourth-order valence-electron chi connectivity index (χ4n) is 0.895. The first-order valence-electron chi connectivity index (χ1n) is 3.87. The smallest absolute Gasteiger partial charge is 0.123 e. The summed E-state index contributed by atoms with van der Waals surface area (Å²) in [4.78, 5) is 10.3. The van der Waals surface area contributed by atoms with Crippen LogP contribution >= 0.6 is 0 Å². The molecule has 0 rings (SSSR count). The second kappa shape index (κ2) is 4.20. The van der Waals surface area contributed by atoms with Crippen molar-refractivity contribution < 1.29 is 4.79 Å². The van der Waals surface area contributed by atoms with Gasteiger partial charge in [0.2, 0.25) is 0 Å². The zero-order valence-corrected chi connectivity index (χ0v) is 7.77. The molecule has 11 heavy (non-hydrogen) atoms. The van der Waals surface area contributed by atoms with Gasteiger partial charge in [-0.2, -0.15) is 0 Å². The van der Waals surface area contributed by atoms with Crippen molar-refractivity contribution in [1.29, 1.82) is 0 Å². The minimum Gasteiger partial charge on any atom is -0.234 e. The van der Waals surface area contributed by atoms with Gasteiger partial charge in [-0.15, -0.1) is 6.58 Å². The van der Waals surface area contributed by atoms with Gasteiger partial charge in [-0.25, -0.2) is 4.79 Å². The van der Waals surface area contributed by atoms with E-state index < -0.39 is 0 Å². The molecule has 2 atom stereocenters. The van der Waals surface area contributed by atoms with Gasteiger partial charge in [-0.05, 0) is 25.6 Å². The molecule has 0 N–H and O–H groups in total. The molecular formula is C9H15BO. The predicted molar refractivity (Wildman–Crippen MR) is 51.2 cm³/mol. The van der Waals surface area contributed by atoms with Gasteiger partial charge in [0.15, 0.2) is 0 Å². The Morgan fingerprint density at radius 2 is 2.00 bits per heavy atom. The molecule has 0 amide bonds. The van der Waals surface area contributed by atoms with Gasteiger partial charge in [0.05, 0.1) is 0 Å². The van der Waals surface area contributed by atoms with Crippen molar-refractivity contribution in [2.45, 2.75) is 26.6 Å². The van der Waals surface area contributed by atoms with Gasteiger partial charge in [0, 0.05) is 5.57 Å². The Morgan fingerprint density at radius 3 is 2.27 bits per heavy atom. The Hall–Kier alpha value is -0.745. The summed E-state index contributed by atoms with van der Waals surface area (Å²) >= 11 is 0. The highest BCUT2D eigenvalue weighted by Crippen LogP contribution is 2.26. The number of hydrogen-bond acceptors (Lipinski definition) is 1. The van der Waals surface area contributed by atoms with Gasteiger partial charge in [-0.3, -0.25) is 0 Å². The van der Waals surface area contributed by atoms with Crippen molar-refractivity contribution in [3.05, 3.63) is 17.7 Å². The van der Waals surface area contributed by atoms with Crippen LogP contribution in [0.25, 0.3) is 0 Å². The molecule has 2 unspecified atom stereocenters. The van der Waals surface area contributed by atoms with E-state index in [0.717, 1.165) is 11.1 Å². The van der Waals surface area contributed by atoms with E-state index in [1.165, 1.54) is 0 Å². The second-order valence-electron chi connectivity index (χ2n) is 3.21. The molecule has 0 saturated carbocycles. The largest absolute Gasteiger partial charge is 0.234 e. The molecule has 0 aliphatic rings. The lowest BCUT2D eigenvalue weighted by atomic mass is 9.71. The third-order valence-corrected chi connectivity index (χ3v) is 2.37. The summed E-state index contributed by atoms with van der Waals surface area (Å²) in [6.07, 6.45) is 0. The van der Waals surface area contributed by atoms with Crippen LogP contribution in [-0.2, 0) is 4.79 Å². The van der Waals surface area contributed by atoms with Crippen molar-refractivity contribution in [2.24, 2.45) is 5.92 Å². The maximum Gasteiger partial charge on any atom is 0.123 e. The number of carbonyl (C=O) groups excluding carboxylic acids is 1. The second-order valence-corrected chi connectivity index (χ2v) is 3.21. The summed E-state index contributed by atoms with van der Waals surface area (Å²) in [5.41, 5.74) is 1.90. The van der Waals surface area contributed by atoms with Crippen LogP contribution in [0.3, 0.4) is 0 Å². The molecule has 0 aliphatic carbocycles. The zero-order valence-electron chi connectivity index (χ0n) is 7.77. The average molecular weight is 150 g/mol. The van der Waals surface area contributed by atoms with Crippen molar-refractivity contribution in [1.82, 2.24) is 0 Å². The lowest BCUT2D eigenvalue weighted by molar-refractivity contribution is 0.560. The normalized spacial score (nSPS) is 14.8. The first kappa shape index (κ1) is 10.3. The molecule has 0 aromatic rings. The Labute approximate surface area is 69.6 Å². The minimum atomic E-state index is 0.269. The molecule has 2 heteroatoms. The van der Waals surface area contributed by atoms with Crippen LogP contribution in [0.2, 0.25) is 5.82 Å². The van der Waals surface area contributed by atoms with Crippen LogP contribution < -0.4 is 0 Å². The monoisotopic (exact) mass is 150 g/mol. The Morgan fingerprint density at radius 1 is 1.55 bits per heavy atom. The van der Waals surface area contributed by atoms with Crippen LogP contribution in [0.15, 0.2) is 17.7 Å². The molecule has 60 valence electrons. The van der Waals surface area contributed by atoms with Crippen LogP contribution in [0, 0.1) is 5.92 Å². The summed E-state index contributed by atoms with van der Waals surface area (Å²) in [5, 5.41) is 0. The van der Waals surface area contributed by atoms with Gasteiger partial charge in [0.25, 0.3) is 0 Å². The summed E-state index contributed by atoms with van der Waals surface area (Å²) in [7, 11) is 2.08. The maximum absolute atomic E-state index is 10.3. The van der Waals surface area contributed by atoms with E-state index in [9.17, 15) is 4.79 Å². The lowest BCUT2D eigenvalue weighted by Gasteiger charge is -2.18. The van der Waals surface area contributed by atoms with Crippen molar-refractivity contribution in [3.63, 3.8) is 0 Å². The molecule has 0 aromatic heterocycles. The first-order chi connectivity index (χ1) is 5.00. The SMILES string of the molecule is BC(C(=C)C)C(C)C(C)=C=O. The van der Waals surface area contributed by atoms with Crippen molar-refractivity contribution in [3.8, 4) is 0 Å². The summed E-state index contributed by atoms with van der Waals surface area (Å²) in [6, 6.07) is 0. The topological polar surface area (TPSA) is 17.1 Å². The number of allylic oxidation sites excluding steroid dienone is 2. The van der Waals surface area contributed by atoms with Crippen molar-refractivity contribution in [2.75, 3.05) is 0 Å². The molecule has 0 aliphatic heterocycles. The van der Waals surface area contributed by atoms with E-state index in [1.807, 2.05) is 26.7 Å². The Bertz CT molecular complexity index is 202. The van der Waals surface area contributed by atoms with Crippen LogP contribution in [0.1, 0.15) is 20.8 Å². The van der Waals surface area contributed by atoms with Crippen molar-refractivity contribution >= 4 is 13.8 Å². The molecule has 0 radical (unpaired) electrons. The van der Waals surface area contributed by atoms with E-state index in [0.29, 0.717) is 5.82 Å². The van der Waals surface area contributed by atoms with E-state index in [4.69, 9.17) is 0 Å². The molecule has 0 fully saturated rings. The summed E-state index contributed by atoms with van der Waals surface area (Å²) < 4.78 is 0. The number of hydrogen-bond donors (Lipinski definition) is 0. The maximum atomic E-state index is 10.3. The fourth-order valence-corrected chi connectivity index (χ4v) is 0.895. The Balaban J connectivity index is 4.36. The van der Waals surface area contributed by atoms with E-state index in [-0.39, 0.29) is 5.92 Å². The quantitative estimate of drug-likeness (QED) is 0.337. The van der Waals surface area contributed by atoms with Gasteiger partial charge in [0.1, 0.15) is 13.8 Å². The predicted octanol–water partition coefficient (Wildman–Crippen LogP) is 1.40. The molecule has 0 bridgehead atoms. The minimum absolute atomic E-state index is 0.269. The van der Waals surface area contributed by atoms with E-state index >= 15 is 0 Å². The third-order valence-electron chi connectivity index (χ3n) is 2.37. The van der Waals surface area contributed by atoms with Gasteiger partial charge >= 0.3 is 0 Å². The fraction of sp³-hybridized carbons (Fsp3) is 0.556. The standard InChI is InChI=1S/C9H15BO/c1-6(2)9(10)8(4)7(3)5-11/h8-9H,1,10H2,2-4H3. The van der Waals surface area contributed by atoms with Crippen LogP contribution in [-0.4, -0.2) is 13.8 Å². The van der Waals surface area contributed by atoms with Gasteiger partial charge in [-0.1, -0.05) is 12.5 Å². The lowest BCUT2D eigenvalue weighted by Crippen LogP contribution is -2.08. The van der Waals surface area contributed by atoms with E-state index in [2.05, 4.69) is 14.4 Å². The highest BCUT2D eigenvalue weighted by Gasteiger charge is 2.14. The molecule has 0 heterocycles.